The Morgan fingerprint density at radius 3 is 2.40 bits per heavy atom. The largest absolute Gasteiger partial charge is 0.352 e. The third-order valence-electron chi connectivity index (χ3n) is 2.15. The molecule has 1 aromatic carbocycles. The van der Waals surface area contributed by atoms with Crippen molar-refractivity contribution >= 4 is 5.91 Å². The zero-order chi connectivity index (χ0) is 11.3. The first kappa shape index (κ1) is 11.7. The van der Waals surface area contributed by atoms with E-state index in [1.165, 1.54) is 0 Å². The lowest BCUT2D eigenvalue weighted by Gasteiger charge is -2.06. The average molecular weight is 206 g/mol. The molecule has 0 aliphatic rings. The average Bonchev–Trinajstić information content (AvgIpc) is 2.16. The molecule has 0 fully saturated rings. The molecule has 1 aromatic rings. The lowest BCUT2D eigenvalue weighted by Crippen LogP contribution is -2.26. The van der Waals surface area contributed by atoms with Gasteiger partial charge in [-0.1, -0.05) is 17.2 Å². The van der Waals surface area contributed by atoms with Gasteiger partial charge in [-0.25, -0.2) is 0 Å². The normalized spacial score (nSPS) is 10.1. The van der Waals surface area contributed by atoms with Crippen LogP contribution in [-0.2, 0) is 0 Å². The fourth-order valence-corrected chi connectivity index (χ4v) is 1.51. The smallest absolute Gasteiger partial charge is 0.251 e. The second-order valence-electron chi connectivity index (χ2n) is 3.77. The quantitative estimate of drug-likeness (QED) is 0.731. The summed E-state index contributed by atoms with van der Waals surface area (Å²) in [5.74, 6) is -0.0183. The molecule has 3 nitrogen and oxygen atoms in total. The van der Waals surface area contributed by atoms with Gasteiger partial charge in [-0.15, -0.1) is 0 Å². The molecule has 0 aliphatic heterocycles. The lowest BCUT2D eigenvalue weighted by molar-refractivity contribution is 0.0953. The lowest BCUT2D eigenvalue weighted by atomic mass is 10.1. The number of aryl methyl sites for hydroxylation is 2. The van der Waals surface area contributed by atoms with Gasteiger partial charge in [0.05, 0.1) is 0 Å². The molecule has 0 atom stereocenters. The molecule has 0 heterocycles. The summed E-state index contributed by atoms with van der Waals surface area (Å²) in [5.41, 5.74) is 8.30. The monoisotopic (exact) mass is 206 g/mol. The van der Waals surface area contributed by atoms with Gasteiger partial charge in [0.25, 0.3) is 5.91 Å². The van der Waals surface area contributed by atoms with E-state index in [-0.39, 0.29) is 5.91 Å². The maximum atomic E-state index is 11.7. The molecule has 0 spiro atoms. The minimum atomic E-state index is -0.0183. The molecule has 0 radical (unpaired) electrons. The third-order valence-corrected chi connectivity index (χ3v) is 2.15. The number of nitrogens with two attached hydrogens (primary N) is 1. The van der Waals surface area contributed by atoms with Crippen molar-refractivity contribution in [2.24, 2.45) is 5.73 Å². The van der Waals surface area contributed by atoms with E-state index in [0.29, 0.717) is 13.1 Å². The van der Waals surface area contributed by atoms with Crippen molar-refractivity contribution < 1.29 is 4.79 Å². The number of rotatable bonds is 4. The van der Waals surface area contributed by atoms with E-state index >= 15 is 0 Å². The molecular formula is C12H18N2O. The number of nitrogens with one attached hydrogen (secondary N) is 1. The number of amides is 1. The highest BCUT2D eigenvalue weighted by atomic mass is 16.1. The van der Waals surface area contributed by atoms with E-state index in [1.807, 2.05) is 26.0 Å². The van der Waals surface area contributed by atoms with Gasteiger partial charge in [0, 0.05) is 12.1 Å². The van der Waals surface area contributed by atoms with Crippen LogP contribution in [0.15, 0.2) is 18.2 Å². The van der Waals surface area contributed by atoms with E-state index in [1.54, 1.807) is 0 Å². The van der Waals surface area contributed by atoms with Crippen molar-refractivity contribution in [2.75, 3.05) is 13.1 Å². The first-order valence-corrected chi connectivity index (χ1v) is 5.20. The van der Waals surface area contributed by atoms with Crippen molar-refractivity contribution in [3.63, 3.8) is 0 Å². The Bertz CT molecular complexity index is 327. The van der Waals surface area contributed by atoms with Crippen molar-refractivity contribution in [1.29, 1.82) is 0 Å². The Morgan fingerprint density at radius 2 is 1.87 bits per heavy atom. The van der Waals surface area contributed by atoms with Gasteiger partial charge in [0.1, 0.15) is 0 Å². The van der Waals surface area contributed by atoms with Crippen LogP contribution in [0.3, 0.4) is 0 Å². The fourth-order valence-electron chi connectivity index (χ4n) is 1.51. The molecule has 0 aromatic heterocycles. The highest BCUT2D eigenvalue weighted by Crippen LogP contribution is 2.08. The minimum absolute atomic E-state index is 0.0183. The summed E-state index contributed by atoms with van der Waals surface area (Å²) >= 11 is 0. The maximum absolute atomic E-state index is 11.7. The zero-order valence-corrected chi connectivity index (χ0v) is 9.34. The molecule has 0 unspecified atom stereocenters. The number of carbonyl (C=O) groups excluding carboxylic acids is 1. The standard InChI is InChI=1S/C12H18N2O/c1-9-6-10(2)8-11(7-9)12(15)14-5-3-4-13/h6-8H,3-5,13H2,1-2H3,(H,14,15). The topological polar surface area (TPSA) is 55.1 Å². The summed E-state index contributed by atoms with van der Waals surface area (Å²) in [6.45, 7) is 5.22. The fraction of sp³-hybridized carbons (Fsp3) is 0.417. The van der Waals surface area contributed by atoms with E-state index < -0.39 is 0 Å². The van der Waals surface area contributed by atoms with Crippen LogP contribution in [0.2, 0.25) is 0 Å². The highest BCUT2D eigenvalue weighted by molar-refractivity contribution is 5.94. The molecule has 0 saturated carbocycles. The highest BCUT2D eigenvalue weighted by Gasteiger charge is 2.05. The predicted molar refractivity (Wildman–Crippen MR) is 61.9 cm³/mol. The zero-order valence-electron chi connectivity index (χ0n) is 9.34. The second kappa shape index (κ2) is 5.51. The summed E-state index contributed by atoms with van der Waals surface area (Å²) in [7, 11) is 0. The Balaban J connectivity index is 2.65. The summed E-state index contributed by atoms with van der Waals surface area (Å²) in [5, 5.41) is 2.84. The molecule has 3 N–H and O–H groups in total. The third kappa shape index (κ3) is 3.72. The van der Waals surface area contributed by atoms with Crippen LogP contribution in [0, 0.1) is 13.8 Å². The van der Waals surface area contributed by atoms with Crippen molar-refractivity contribution in [2.45, 2.75) is 20.3 Å². The van der Waals surface area contributed by atoms with Gasteiger partial charge in [0.2, 0.25) is 0 Å². The summed E-state index contributed by atoms with van der Waals surface area (Å²) < 4.78 is 0. The number of benzene rings is 1. The van der Waals surface area contributed by atoms with Gasteiger partial charge >= 0.3 is 0 Å². The first-order chi connectivity index (χ1) is 7.13. The first-order valence-electron chi connectivity index (χ1n) is 5.20. The Labute approximate surface area is 90.7 Å². The molecule has 3 heteroatoms. The van der Waals surface area contributed by atoms with Gasteiger partial charge in [-0.05, 0) is 38.9 Å². The van der Waals surface area contributed by atoms with Crippen molar-refractivity contribution in [3.05, 3.63) is 34.9 Å². The van der Waals surface area contributed by atoms with Crippen LogP contribution >= 0.6 is 0 Å². The van der Waals surface area contributed by atoms with Crippen LogP contribution in [0.4, 0.5) is 0 Å². The van der Waals surface area contributed by atoms with Crippen molar-refractivity contribution in [3.8, 4) is 0 Å². The molecule has 1 amide bonds. The van der Waals surface area contributed by atoms with E-state index in [4.69, 9.17) is 5.73 Å². The van der Waals surface area contributed by atoms with Crippen LogP contribution in [-0.4, -0.2) is 19.0 Å². The number of hydrogen-bond donors (Lipinski definition) is 2. The van der Waals surface area contributed by atoms with Crippen LogP contribution < -0.4 is 11.1 Å². The van der Waals surface area contributed by atoms with Crippen molar-refractivity contribution in [1.82, 2.24) is 5.32 Å². The SMILES string of the molecule is Cc1cc(C)cc(C(=O)NCCCN)c1. The predicted octanol–water partition coefficient (Wildman–Crippen LogP) is 1.38. The maximum Gasteiger partial charge on any atom is 0.251 e. The molecule has 82 valence electrons. The van der Waals surface area contributed by atoms with E-state index in [9.17, 15) is 4.79 Å². The second-order valence-corrected chi connectivity index (χ2v) is 3.77. The van der Waals surface area contributed by atoms with Crippen LogP contribution in [0.25, 0.3) is 0 Å². The summed E-state index contributed by atoms with van der Waals surface area (Å²) in [4.78, 5) is 11.7. The van der Waals surface area contributed by atoms with Crippen LogP contribution in [0.1, 0.15) is 27.9 Å². The molecule has 1 rings (SSSR count). The van der Waals surface area contributed by atoms with Gasteiger partial charge in [0.15, 0.2) is 0 Å². The summed E-state index contributed by atoms with van der Waals surface area (Å²) in [6, 6.07) is 5.84. The molecule has 0 aliphatic carbocycles. The van der Waals surface area contributed by atoms with E-state index in [2.05, 4.69) is 11.4 Å². The molecule has 0 bridgehead atoms. The molecule has 15 heavy (non-hydrogen) atoms. The molecule has 0 saturated heterocycles. The molecular weight excluding hydrogens is 188 g/mol. The Hall–Kier alpha value is -1.35. The van der Waals surface area contributed by atoms with Gasteiger partial charge in [-0.2, -0.15) is 0 Å². The van der Waals surface area contributed by atoms with Crippen LogP contribution in [0.5, 0.6) is 0 Å². The number of hydrogen-bond acceptors (Lipinski definition) is 2. The van der Waals surface area contributed by atoms with Gasteiger partial charge < -0.3 is 11.1 Å². The van der Waals surface area contributed by atoms with Gasteiger partial charge in [-0.3, -0.25) is 4.79 Å². The number of carbonyl (C=O) groups is 1. The Morgan fingerprint density at radius 1 is 1.27 bits per heavy atom. The minimum Gasteiger partial charge on any atom is -0.352 e. The van der Waals surface area contributed by atoms with E-state index in [0.717, 1.165) is 23.1 Å². The summed E-state index contributed by atoms with van der Waals surface area (Å²) in [6.07, 6.45) is 0.816. The Kier molecular flexibility index (Phi) is 4.31.